The van der Waals surface area contributed by atoms with Crippen molar-refractivity contribution in [1.29, 1.82) is 0 Å². The molecule has 2 heterocycles. The smallest absolute Gasteiger partial charge is 0.151 e. The SMILES string of the molecule is CC(C)(C)N1CCN(c2ccc(CCl)nn2)CC1. The van der Waals surface area contributed by atoms with Crippen molar-refractivity contribution in [1.82, 2.24) is 15.1 Å². The summed E-state index contributed by atoms with van der Waals surface area (Å²) in [4.78, 5) is 4.79. The molecule has 1 aromatic heterocycles. The fraction of sp³-hybridized carbons (Fsp3) is 0.692. The summed E-state index contributed by atoms with van der Waals surface area (Å²) in [6, 6.07) is 3.96. The number of piperazine rings is 1. The van der Waals surface area contributed by atoms with E-state index < -0.39 is 0 Å². The fourth-order valence-corrected chi connectivity index (χ4v) is 2.34. The molecule has 0 N–H and O–H groups in total. The lowest BCUT2D eigenvalue weighted by molar-refractivity contribution is 0.128. The van der Waals surface area contributed by atoms with Gasteiger partial charge in [0.15, 0.2) is 5.82 Å². The molecular formula is C13H21ClN4. The van der Waals surface area contributed by atoms with Crippen LogP contribution in [-0.4, -0.2) is 46.8 Å². The molecule has 1 aromatic rings. The van der Waals surface area contributed by atoms with Crippen molar-refractivity contribution in [3.8, 4) is 0 Å². The second-order valence-electron chi connectivity index (χ2n) is 5.66. The van der Waals surface area contributed by atoms with E-state index in [4.69, 9.17) is 11.6 Å². The molecule has 0 unspecified atom stereocenters. The Balaban J connectivity index is 1.96. The van der Waals surface area contributed by atoms with Gasteiger partial charge in [-0.1, -0.05) is 0 Å². The molecule has 1 aliphatic rings. The molecular weight excluding hydrogens is 248 g/mol. The molecule has 4 nitrogen and oxygen atoms in total. The zero-order valence-electron chi connectivity index (χ0n) is 11.4. The number of anilines is 1. The third kappa shape index (κ3) is 3.12. The highest BCUT2D eigenvalue weighted by Crippen LogP contribution is 2.19. The van der Waals surface area contributed by atoms with E-state index in [1.54, 1.807) is 0 Å². The van der Waals surface area contributed by atoms with Crippen molar-refractivity contribution < 1.29 is 0 Å². The summed E-state index contributed by atoms with van der Waals surface area (Å²) in [5.41, 5.74) is 1.08. The predicted octanol–water partition coefficient (Wildman–Crippen LogP) is 2.14. The third-order valence-corrected chi connectivity index (χ3v) is 3.67. The van der Waals surface area contributed by atoms with Crippen molar-refractivity contribution in [2.75, 3.05) is 31.1 Å². The zero-order valence-corrected chi connectivity index (χ0v) is 12.1. The van der Waals surface area contributed by atoms with Crippen LogP contribution in [0.2, 0.25) is 0 Å². The molecule has 0 spiro atoms. The molecule has 18 heavy (non-hydrogen) atoms. The lowest BCUT2D eigenvalue weighted by Crippen LogP contribution is -2.53. The van der Waals surface area contributed by atoms with Crippen LogP contribution in [0.15, 0.2) is 12.1 Å². The predicted molar refractivity (Wildman–Crippen MR) is 75.1 cm³/mol. The molecule has 0 atom stereocenters. The maximum Gasteiger partial charge on any atom is 0.151 e. The van der Waals surface area contributed by atoms with E-state index in [0.29, 0.717) is 5.88 Å². The Morgan fingerprint density at radius 3 is 2.22 bits per heavy atom. The van der Waals surface area contributed by atoms with Gasteiger partial charge in [-0.3, -0.25) is 4.90 Å². The van der Waals surface area contributed by atoms with Crippen molar-refractivity contribution in [2.24, 2.45) is 0 Å². The maximum absolute atomic E-state index is 5.71. The van der Waals surface area contributed by atoms with E-state index in [1.165, 1.54) is 0 Å². The molecule has 1 aliphatic heterocycles. The summed E-state index contributed by atoms with van der Waals surface area (Å²) in [6.07, 6.45) is 0. The number of aromatic nitrogens is 2. The summed E-state index contributed by atoms with van der Waals surface area (Å²) in [6.45, 7) is 10.9. The highest BCUT2D eigenvalue weighted by Gasteiger charge is 2.26. The zero-order chi connectivity index (χ0) is 13.2. The molecule has 0 aliphatic carbocycles. The van der Waals surface area contributed by atoms with Gasteiger partial charge in [0.1, 0.15) is 0 Å². The van der Waals surface area contributed by atoms with Gasteiger partial charge < -0.3 is 4.90 Å². The Hall–Kier alpha value is -0.870. The molecule has 0 aromatic carbocycles. The Kier molecular flexibility index (Phi) is 4.07. The monoisotopic (exact) mass is 268 g/mol. The van der Waals surface area contributed by atoms with E-state index in [-0.39, 0.29) is 5.54 Å². The number of alkyl halides is 1. The number of nitrogens with zero attached hydrogens (tertiary/aromatic N) is 4. The number of halogens is 1. The van der Waals surface area contributed by atoms with Crippen molar-refractivity contribution in [3.63, 3.8) is 0 Å². The minimum Gasteiger partial charge on any atom is -0.353 e. The van der Waals surface area contributed by atoms with Crippen molar-refractivity contribution >= 4 is 17.4 Å². The second-order valence-corrected chi connectivity index (χ2v) is 5.93. The van der Waals surface area contributed by atoms with Gasteiger partial charge in [-0.2, -0.15) is 5.10 Å². The standard InChI is InChI=1S/C13H21ClN4/c1-13(2,3)18-8-6-17(7-9-18)12-5-4-11(10-14)15-16-12/h4-5H,6-10H2,1-3H3. The Labute approximate surface area is 114 Å². The summed E-state index contributed by atoms with van der Waals surface area (Å²) in [5.74, 6) is 1.38. The Morgan fingerprint density at radius 2 is 1.78 bits per heavy atom. The first-order chi connectivity index (χ1) is 8.50. The van der Waals surface area contributed by atoms with Crippen LogP contribution < -0.4 is 4.90 Å². The molecule has 0 radical (unpaired) electrons. The highest BCUT2D eigenvalue weighted by atomic mass is 35.5. The Morgan fingerprint density at radius 1 is 1.11 bits per heavy atom. The number of hydrogen-bond acceptors (Lipinski definition) is 4. The number of hydrogen-bond donors (Lipinski definition) is 0. The first kappa shape index (κ1) is 13.6. The molecule has 5 heteroatoms. The van der Waals surface area contributed by atoms with E-state index in [1.807, 2.05) is 12.1 Å². The summed E-state index contributed by atoms with van der Waals surface area (Å²) in [7, 11) is 0. The van der Waals surface area contributed by atoms with Gasteiger partial charge in [0, 0.05) is 31.7 Å². The average molecular weight is 269 g/mol. The topological polar surface area (TPSA) is 32.3 Å². The molecule has 2 rings (SSSR count). The molecule has 100 valence electrons. The van der Waals surface area contributed by atoms with Crippen molar-refractivity contribution in [2.45, 2.75) is 32.2 Å². The van der Waals surface area contributed by atoms with E-state index >= 15 is 0 Å². The van der Waals surface area contributed by atoms with Crippen LogP contribution in [0.4, 0.5) is 5.82 Å². The van der Waals surface area contributed by atoms with Gasteiger partial charge in [0.25, 0.3) is 0 Å². The molecule has 1 fully saturated rings. The van der Waals surface area contributed by atoms with Gasteiger partial charge in [-0.05, 0) is 32.9 Å². The van der Waals surface area contributed by atoms with Crippen LogP contribution in [0, 0.1) is 0 Å². The first-order valence-corrected chi connectivity index (χ1v) is 6.93. The summed E-state index contributed by atoms with van der Waals surface area (Å²) < 4.78 is 0. The van der Waals surface area contributed by atoms with Gasteiger partial charge in [0.2, 0.25) is 0 Å². The highest BCUT2D eigenvalue weighted by molar-refractivity contribution is 6.16. The first-order valence-electron chi connectivity index (χ1n) is 6.39. The van der Waals surface area contributed by atoms with Crippen LogP contribution in [-0.2, 0) is 5.88 Å². The summed E-state index contributed by atoms with van der Waals surface area (Å²) in [5, 5.41) is 8.34. The average Bonchev–Trinajstić information content (AvgIpc) is 2.38. The minimum atomic E-state index is 0.250. The van der Waals surface area contributed by atoms with Gasteiger partial charge in [0.05, 0.1) is 11.6 Å². The van der Waals surface area contributed by atoms with E-state index in [0.717, 1.165) is 37.7 Å². The molecule has 0 bridgehead atoms. The minimum absolute atomic E-state index is 0.250. The Bertz CT molecular complexity index is 377. The molecule has 0 saturated carbocycles. The van der Waals surface area contributed by atoms with Crippen molar-refractivity contribution in [3.05, 3.63) is 17.8 Å². The second kappa shape index (κ2) is 5.41. The van der Waals surface area contributed by atoms with Crippen LogP contribution in [0.25, 0.3) is 0 Å². The molecule has 1 saturated heterocycles. The summed E-state index contributed by atoms with van der Waals surface area (Å²) >= 11 is 5.71. The van der Waals surface area contributed by atoms with E-state index in [9.17, 15) is 0 Å². The van der Waals surface area contributed by atoms with Crippen LogP contribution in [0.3, 0.4) is 0 Å². The molecule has 0 amide bonds. The largest absolute Gasteiger partial charge is 0.353 e. The lowest BCUT2D eigenvalue weighted by Gasteiger charge is -2.42. The fourth-order valence-electron chi connectivity index (χ4n) is 2.20. The quantitative estimate of drug-likeness (QED) is 0.770. The van der Waals surface area contributed by atoms with Gasteiger partial charge in [-0.25, -0.2) is 0 Å². The lowest BCUT2D eigenvalue weighted by atomic mass is 10.1. The van der Waals surface area contributed by atoms with E-state index in [2.05, 4.69) is 40.8 Å². The van der Waals surface area contributed by atoms with Crippen LogP contribution >= 0.6 is 11.6 Å². The third-order valence-electron chi connectivity index (χ3n) is 3.39. The number of rotatable bonds is 2. The van der Waals surface area contributed by atoms with Gasteiger partial charge >= 0.3 is 0 Å². The van der Waals surface area contributed by atoms with Crippen LogP contribution in [0.1, 0.15) is 26.5 Å². The van der Waals surface area contributed by atoms with Crippen LogP contribution in [0.5, 0.6) is 0 Å². The van der Waals surface area contributed by atoms with Gasteiger partial charge in [-0.15, -0.1) is 16.7 Å². The maximum atomic E-state index is 5.71. The normalized spacial score (nSPS) is 18.1.